The molecule has 0 aliphatic heterocycles. The molecule has 0 aliphatic rings. The van der Waals surface area contributed by atoms with Crippen molar-refractivity contribution in [3.8, 4) is 22.8 Å². The number of benzene rings is 2. The standard InChI is InChI=1S/C22H20N2O6/c1-14(23-24-21(25)13-29-19-6-4-3-5-18(19)28-2)15-7-9-16(10-8-15)17-11-12-20(30-17)22(26)27/h3-12H,13H2,1-2H3,(H,24,25)(H,26,27)/b23-14-. The number of aromatic carboxylic acids is 1. The Kier molecular flexibility index (Phi) is 6.49. The van der Waals surface area contributed by atoms with Crippen LogP contribution in [-0.2, 0) is 4.79 Å². The Bertz CT molecular complexity index is 1070. The van der Waals surface area contributed by atoms with Gasteiger partial charge in [0.2, 0.25) is 5.76 Å². The van der Waals surface area contributed by atoms with Crippen molar-refractivity contribution in [2.24, 2.45) is 5.10 Å². The Morgan fingerprint density at radius 1 is 1.03 bits per heavy atom. The highest BCUT2D eigenvalue weighted by Gasteiger charge is 2.11. The van der Waals surface area contributed by atoms with Crippen molar-refractivity contribution < 1.29 is 28.6 Å². The van der Waals surface area contributed by atoms with E-state index in [0.717, 1.165) is 11.1 Å². The van der Waals surface area contributed by atoms with Crippen LogP contribution in [0.3, 0.4) is 0 Å². The van der Waals surface area contributed by atoms with Gasteiger partial charge in [-0.3, -0.25) is 4.79 Å². The van der Waals surface area contributed by atoms with Gasteiger partial charge < -0.3 is 19.0 Å². The van der Waals surface area contributed by atoms with Gasteiger partial charge in [-0.05, 0) is 36.8 Å². The Hall–Kier alpha value is -4.07. The second-order valence-corrected chi connectivity index (χ2v) is 6.22. The molecular formula is C22H20N2O6. The van der Waals surface area contributed by atoms with E-state index in [9.17, 15) is 9.59 Å². The summed E-state index contributed by atoms with van der Waals surface area (Å²) in [6, 6.07) is 17.2. The van der Waals surface area contributed by atoms with Crippen molar-refractivity contribution in [1.29, 1.82) is 0 Å². The van der Waals surface area contributed by atoms with Gasteiger partial charge in [0.15, 0.2) is 18.1 Å². The highest BCUT2D eigenvalue weighted by Crippen LogP contribution is 2.25. The van der Waals surface area contributed by atoms with E-state index in [-0.39, 0.29) is 12.4 Å². The van der Waals surface area contributed by atoms with E-state index in [1.165, 1.54) is 13.2 Å². The average Bonchev–Trinajstić information content (AvgIpc) is 3.27. The number of nitrogens with one attached hydrogen (secondary N) is 1. The number of rotatable bonds is 8. The molecule has 2 aromatic carbocycles. The number of carboxylic acids is 1. The molecule has 1 amide bonds. The molecule has 1 heterocycles. The molecule has 3 aromatic rings. The predicted octanol–water partition coefficient (Wildman–Crippen LogP) is 3.57. The third kappa shape index (κ3) is 5.05. The second kappa shape index (κ2) is 9.42. The number of carbonyl (C=O) groups excluding carboxylic acids is 1. The van der Waals surface area contributed by atoms with Crippen LogP contribution in [-0.4, -0.2) is 36.4 Å². The zero-order valence-electron chi connectivity index (χ0n) is 16.4. The fourth-order valence-electron chi connectivity index (χ4n) is 2.61. The van der Waals surface area contributed by atoms with Gasteiger partial charge in [0, 0.05) is 5.56 Å². The molecular weight excluding hydrogens is 388 g/mol. The van der Waals surface area contributed by atoms with Crippen molar-refractivity contribution in [2.75, 3.05) is 13.7 Å². The van der Waals surface area contributed by atoms with Crippen LogP contribution in [0, 0.1) is 0 Å². The molecule has 154 valence electrons. The Morgan fingerprint density at radius 2 is 1.73 bits per heavy atom. The van der Waals surface area contributed by atoms with Gasteiger partial charge in [0.1, 0.15) is 5.76 Å². The lowest BCUT2D eigenvalue weighted by molar-refractivity contribution is -0.123. The molecule has 1 aromatic heterocycles. The number of amides is 1. The normalized spacial score (nSPS) is 11.1. The third-order valence-corrected chi connectivity index (χ3v) is 4.18. The molecule has 0 saturated carbocycles. The summed E-state index contributed by atoms with van der Waals surface area (Å²) in [5, 5.41) is 13.0. The molecule has 2 N–H and O–H groups in total. The molecule has 0 radical (unpaired) electrons. The first-order valence-corrected chi connectivity index (χ1v) is 9.01. The molecule has 0 aliphatic carbocycles. The summed E-state index contributed by atoms with van der Waals surface area (Å²) >= 11 is 0. The number of carboxylic acid groups (broad SMARTS) is 1. The Labute approximate surface area is 172 Å². The number of carbonyl (C=O) groups is 2. The van der Waals surface area contributed by atoms with Crippen molar-refractivity contribution in [2.45, 2.75) is 6.92 Å². The van der Waals surface area contributed by atoms with Gasteiger partial charge in [0.25, 0.3) is 5.91 Å². The summed E-state index contributed by atoms with van der Waals surface area (Å²) < 4.78 is 15.9. The molecule has 0 unspecified atom stereocenters. The quantitative estimate of drug-likeness (QED) is 0.435. The van der Waals surface area contributed by atoms with Gasteiger partial charge in [-0.15, -0.1) is 0 Å². The molecule has 0 atom stereocenters. The summed E-state index contributed by atoms with van der Waals surface area (Å²) in [7, 11) is 1.53. The summed E-state index contributed by atoms with van der Waals surface area (Å²) in [6.45, 7) is 1.55. The van der Waals surface area contributed by atoms with E-state index in [1.807, 2.05) is 6.07 Å². The molecule has 30 heavy (non-hydrogen) atoms. The SMILES string of the molecule is COc1ccccc1OCC(=O)N/N=C(/C)c1ccc(-c2ccc(C(=O)O)o2)cc1. The minimum absolute atomic E-state index is 0.120. The molecule has 0 saturated heterocycles. The fraction of sp³-hybridized carbons (Fsp3) is 0.136. The van der Waals surface area contributed by atoms with Crippen molar-refractivity contribution in [3.05, 3.63) is 72.0 Å². The molecule has 0 bridgehead atoms. The van der Waals surface area contributed by atoms with Crippen LogP contribution in [0.15, 0.2) is 70.2 Å². The molecule has 8 heteroatoms. The average molecular weight is 408 g/mol. The lowest BCUT2D eigenvalue weighted by Gasteiger charge is -2.09. The van der Waals surface area contributed by atoms with Crippen molar-refractivity contribution >= 4 is 17.6 Å². The fourth-order valence-corrected chi connectivity index (χ4v) is 2.61. The number of hydrogen-bond donors (Lipinski definition) is 2. The zero-order valence-corrected chi connectivity index (χ0v) is 16.4. The van der Waals surface area contributed by atoms with E-state index in [2.05, 4.69) is 10.5 Å². The van der Waals surface area contributed by atoms with Crippen LogP contribution >= 0.6 is 0 Å². The van der Waals surface area contributed by atoms with Crippen LogP contribution in [0.5, 0.6) is 11.5 Å². The lowest BCUT2D eigenvalue weighted by Crippen LogP contribution is -2.25. The molecule has 0 fully saturated rings. The van der Waals surface area contributed by atoms with E-state index < -0.39 is 11.9 Å². The maximum absolute atomic E-state index is 12.0. The van der Waals surface area contributed by atoms with E-state index in [1.54, 1.807) is 55.5 Å². The predicted molar refractivity (Wildman–Crippen MR) is 110 cm³/mol. The monoisotopic (exact) mass is 408 g/mol. The van der Waals surface area contributed by atoms with Gasteiger partial charge >= 0.3 is 5.97 Å². The van der Waals surface area contributed by atoms with Crippen LogP contribution in [0.4, 0.5) is 0 Å². The Morgan fingerprint density at radius 3 is 2.37 bits per heavy atom. The first kappa shape index (κ1) is 20.7. The van der Waals surface area contributed by atoms with Crippen LogP contribution in [0.25, 0.3) is 11.3 Å². The highest BCUT2D eigenvalue weighted by molar-refractivity contribution is 5.99. The number of nitrogens with zero attached hydrogens (tertiary/aromatic N) is 1. The number of hydrazone groups is 1. The number of hydrogen-bond acceptors (Lipinski definition) is 6. The summed E-state index contributed by atoms with van der Waals surface area (Å²) in [5.41, 5.74) is 4.56. The summed E-state index contributed by atoms with van der Waals surface area (Å²) in [4.78, 5) is 22.9. The number of ether oxygens (including phenoxy) is 2. The van der Waals surface area contributed by atoms with Crippen LogP contribution in [0.1, 0.15) is 23.0 Å². The largest absolute Gasteiger partial charge is 0.493 e. The first-order valence-electron chi connectivity index (χ1n) is 9.01. The smallest absolute Gasteiger partial charge is 0.371 e. The van der Waals surface area contributed by atoms with Crippen molar-refractivity contribution in [3.63, 3.8) is 0 Å². The summed E-state index contributed by atoms with van der Waals surface area (Å²) in [5.74, 6) is -0.187. The van der Waals surface area contributed by atoms with Gasteiger partial charge in [-0.25, -0.2) is 10.2 Å². The number of para-hydroxylation sites is 2. The third-order valence-electron chi connectivity index (χ3n) is 4.18. The zero-order chi connectivity index (χ0) is 21.5. The van der Waals surface area contributed by atoms with E-state index in [4.69, 9.17) is 19.0 Å². The molecule has 3 rings (SSSR count). The number of furan rings is 1. The summed E-state index contributed by atoms with van der Waals surface area (Å²) in [6.07, 6.45) is 0. The lowest BCUT2D eigenvalue weighted by atomic mass is 10.1. The van der Waals surface area contributed by atoms with Crippen molar-refractivity contribution in [1.82, 2.24) is 5.43 Å². The van der Waals surface area contributed by atoms with Crippen LogP contribution < -0.4 is 14.9 Å². The topological polar surface area (TPSA) is 110 Å². The van der Waals surface area contributed by atoms with Gasteiger partial charge in [-0.1, -0.05) is 36.4 Å². The second-order valence-electron chi connectivity index (χ2n) is 6.22. The maximum atomic E-state index is 12.0. The maximum Gasteiger partial charge on any atom is 0.371 e. The van der Waals surface area contributed by atoms with Gasteiger partial charge in [0.05, 0.1) is 12.8 Å². The van der Waals surface area contributed by atoms with Gasteiger partial charge in [-0.2, -0.15) is 5.10 Å². The van der Waals surface area contributed by atoms with Crippen LogP contribution in [0.2, 0.25) is 0 Å². The first-order chi connectivity index (χ1) is 14.5. The Balaban J connectivity index is 1.58. The molecule has 8 nitrogen and oxygen atoms in total. The minimum Gasteiger partial charge on any atom is -0.493 e. The highest BCUT2D eigenvalue weighted by atomic mass is 16.5. The number of methoxy groups -OCH3 is 1. The van der Waals surface area contributed by atoms with E-state index in [0.29, 0.717) is 23.0 Å². The minimum atomic E-state index is -1.12. The van der Waals surface area contributed by atoms with E-state index >= 15 is 0 Å². The molecule has 0 spiro atoms.